The number of aromatic hydroxyl groups is 1. The van der Waals surface area contributed by atoms with E-state index < -0.39 is 0 Å². The summed E-state index contributed by atoms with van der Waals surface area (Å²) in [7, 11) is 0. The lowest BCUT2D eigenvalue weighted by Gasteiger charge is -2.01. The molecule has 21 heavy (non-hydrogen) atoms. The predicted octanol–water partition coefficient (Wildman–Crippen LogP) is 2.87. The number of hydrogen-bond donors (Lipinski definition) is 2. The molecule has 0 spiro atoms. The molecule has 0 heterocycles. The zero-order chi connectivity index (χ0) is 14.9. The van der Waals surface area contributed by atoms with Crippen molar-refractivity contribution in [3.63, 3.8) is 0 Å². The van der Waals surface area contributed by atoms with E-state index >= 15 is 0 Å². The van der Waals surface area contributed by atoms with Crippen molar-refractivity contribution in [2.45, 2.75) is 19.3 Å². The summed E-state index contributed by atoms with van der Waals surface area (Å²) in [4.78, 5) is 11.6. The molecule has 0 aliphatic carbocycles. The largest absolute Gasteiger partial charge is 0.507 e. The van der Waals surface area contributed by atoms with Crippen LogP contribution in [0.25, 0.3) is 0 Å². The van der Waals surface area contributed by atoms with Crippen molar-refractivity contribution in [2.24, 2.45) is 5.10 Å². The van der Waals surface area contributed by atoms with E-state index in [4.69, 9.17) is 0 Å². The second kappa shape index (κ2) is 7.85. The van der Waals surface area contributed by atoms with Gasteiger partial charge in [-0.15, -0.1) is 0 Å². The highest BCUT2D eigenvalue weighted by molar-refractivity contribution is 5.84. The molecule has 0 aliphatic heterocycles. The first-order valence-electron chi connectivity index (χ1n) is 6.89. The molecule has 4 nitrogen and oxygen atoms in total. The molecule has 0 unspecified atom stereocenters. The number of phenols is 1. The molecule has 2 aromatic carbocycles. The summed E-state index contributed by atoms with van der Waals surface area (Å²) in [6.45, 7) is 0. The number of amides is 1. The van der Waals surface area contributed by atoms with Crippen LogP contribution >= 0.6 is 0 Å². The lowest BCUT2D eigenvalue weighted by atomic mass is 10.1. The Bertz CT molecular complexity index is 609. The summed E-state index contributed by atoms with van der Waals surface area (Å²) < 4.78 is 0. The van der Waals surface area contributed by atoms with E-state index in [9.17, 15) is 9.90 Å². The fraction of sp³-hybridized carbons (Fsp3) is 0.176. The molecule has 0 aliphatic rings. The van der Waals surface area contributed by atoms with Crippen LogP contribution in [0.5, 0.6) is 5.75 Å². The first kappa shape index (κ1) is 14.8. The van der Waals surface area contributed by atoms with Gasteiger partial charge in [-0.1, -0.05) is 42.5 Å². The third-order valence-corrected chi connectivity index (χ3v) is 3.04. The molecule has 0 saturated heterocycles. The molecule has 108 valence electrons. The highest BCUT2D eigenvalue weighted by Crippen LogP contribution is 2.12. The van der Waals surface area contributed by atoms with Crippen molar-refractivity contribution >= 4 is 12.1 Å². The molecule has 2 N–H and O–H groups in total. The van der Waals surface area contributed by atoms with Crippen LogP contribution < -0.4 is 5.43 Å². The van der Waals surface area contributed by atoms with Crippen LogP contribution in [0.4, 0.5) is 0 Å². The summed E-state index contributed by atoms with van der Waals surface area (Å²) in [6.07, 6.45) is 3.51. The van der Waals surface area contributed by atoms with E-state index in [1.54, 1.807) is 24.3 Å². The Morgan fingerprint density at radius 3 is 2.57 bits per heavy atom. The molecule has 4 heteroatoms. The molecule has 0 aromatic heterocycles. The van der Waals surface area contributed by atoms with E-state index in [0.717, 1.165) is 12.8 Å². The van der Waals surface area contributed by atoms with Gasteiger partial charge in [0.25, 0.3) is 0 Å². The van der Waals surface area contributed by atoms with Crippen molar-refractivity contribution in [3.05, 3.63) is 65.7 Å². The van der Waals surface area contributed by atoms with Gasteiger partial charge in [0.1, 0.15) is 5.75 Å². The summed E-state index contributed by atoms with van der Waals surface area (Å²) in [5, 5.41) is 13.4. The number of hydrazone groups is 1. The van der Waals surface area contributed by atoms with Gasteiger partial charge in [-0.05, 0) is 30.5 Å². The zero-order valence-electron chi connectivity index (χ0n) is 11.7. The van der Waals surface area contributed by atoms with Crippen LogP contribution in [0.2, 0.25) is 0 Å². The van der Waals surface area contributed by atoms with Gasteiger partial charge < -0.3 is 5.11 Å². The quantitative estimate of drug-likeness (QED) is 0.632. The molecular weight excluding hydrogens is 264 g/mol. The fourth-order valence-electron chi connectivity index (χ4n) is 1.92. The first-order valence-corrected chi connectivity index (χ1v) is 6.89. The Balaban J connectivity index is 1.71. The van der Waals surface area contributed by atoms with Gasteiger partial charge in [-0.2, -0.15) is 5.10 Å². The Labute approximate surface area is 124 Å². The third kappa shape index (κ3) is 5.10. The number of hydrogen-bond acceptors (Lipinski definition) is 3. The summed E-state index contributed by atoms with van der Waals surface area (Å²) >= 11 is 0. The van der Waals surface area contributed by atoms with Crippen molar-refractivity contribution in [2.75, 3.05) is 0 Å². The lowest BCUT2D eigenvalue weighted by Crippen LogP contribution is -2.17. The van der Waals surface area contributed by atoms with Crippen molar-refractivity contribution < 1.29 is 9.90 Å². The highest BCUT2D eigenvalue weighted by atomic mass is 16.3. The average molecular weight is 282 g/mol. The second-order valence-corrected chi connectivity index (χ2v) is 4.69. The fourth-order valence-corrected chi connectivity index (χ4v) is 1.92. The third-order valence-electron chi connectivity index (χ3n) is 3.04. The molecule has 2 aromatic rings. The molecule has 2 rings (SSSR count). The minimum absolute atomic E-state index is 0.127. The van der Waals surface area contributed by atoms with Crippen LogP contribution in [-0.2, 0) is 11.2 Å². The monoisotopic (exact) mass is 282 g/mol. The van der Waals surface area contributed by atoms with E-state index in [-0.39, 0.29) is 11.7 Å². The van der Waals surface area contributed by atoms with Gasteiger partial charge in [0.05, 0.1) is 6.21 Å². The van der Waals surface area contributed by atoms with Crippen LogP contribution in [-0.4, -0.2) is 17.2 Å². The standard InChI is InChI=1S/C17H18N2O2/c20-16-11-5-4-10-15(16)13-18-19-17(21)12-6-9-14-7-2-1-3-8-14/h1-5,7-8,10-11,13,20H,6,9,12H2,(H,19,21)/b18-13+. The summed E-state index contributed by atoms with van der Waals surface area (Å²) in [5.41, 5.74) is 4.26. The molecule has 0 saturated carbocycles. The van der Waals surface area contributed by atoms with E-state index in [2.05, 4.69) is 10.5 Å². The van der Waals surface area contributed by atoms with Gasteiger partial charge >= 0.3 is 0 Å². The molecule has 0 bridgehead atoms. The Kier molecular flexibility index (Phi) is 5.52. The van der Waals surface area contributed by atoms with Crippen molar-refractivity contribution in [1.82, 2.24) is 5.43 Å². The Morgan fingerprint density at radius 2 is 1.81 bits per heavy atom. The van der Waals surface area contributed by atoms with Crippen LogP contribution in [0.1, 0.15) is 24.0 Å². The Hall–Kier alpha value is -2.62. The normalized spacial score (nSPS) is 10.7. The molecule has 0 fully saturated rings. The van der Waals surface area contributed by atoms with Crippen LogP contribution in [0, 0.1) is 0 Å². The number of aryl methyl sites for hydroxylation is 1. The van der Waals surface area contributed by atoms with E-state index in [1.165, 1.54) is 11.8 Å². The summed E-state index contributed by atoms with van der Waals surface area (Å²) in [5.74, 6) is 0.0113. The maximum atomic E-state index is 11.6. The number of carbonyl (C=O) groups is 1. The SMILES string of the molecule is O=C(CCCc1ccccc1)N/N=C/c1ccccc1O. The average Bonchev–Trinajstić information content (AvgIpc) is 2.50. The predicted molar refractivity (Wildman–Crippen MR) is 83.2 cm³/mol. The smallest absolute Gasteiger partial charge is 0.240 e. The van der Waals surface area contributed by atoms with Crippen LogP contribution in [0.3, 0.4) is 0 Å². The van der Waals surface area contributed by atoms with Crippen molar-refractivity contribution in [3.8, 4) is 5.75 Å². The number of carbonyl (C=O) groups excluding carboxylic acids is 1. The van der Waals surface area contributed by atoms with Gasteiger partial charge in [0, 0.05) is 12.0 Å². The number of nitrogens with zero attached hydrogens (tertiary/aromatic N) is 1. The first-order chi connectivity index (χ1) is 10.3. The highest BCUT2D eigenvalue weighted by Gasteiger charge is 2.00. The van der Waals surface area contributed by atoms with Gasteiger partial charge in [0.15, 0.2) is 0 Å². The second-order valence-electron chi connectivity index (χ2n) is 4.69. The minimum Gasteiger partial charge on any atom is -0.507 e. The Morgan fingerprint density at radius 1 is 1.10 bits per heavy atom. The van der Waals surface area contributed by atoms with Gasteiger partial charge in [0.2, 0.25) is 5.91 Å². The number of phenolic OH excluding ortho intramolecular Hbond substituents is 1. The number of rotatable bonds is 6. The minimum atomic E-state index is -0.127. The van der Waals surface area contributed by atoms with Gasteiger partial charge in [-0.25, -0.2) is 5.43 Å². The molecule has 0 atom stereocenters. The maximum absolute atomic E-state index is 11.6. The van der Waals surface area contributed by atoms with Crippen LogP contribution in [0.15, 0.2) is 59.7 Å². The van der Waals surface area contributed by atoms with Crippen molar-refractivity contribution in [1.29, 1.82) is 0 Å². The molecule has 0 radical (unpaired) electrons. The molecule has 1 amide bonds. The van der Waals surface area contributed by atoms with Gasteiger partial charge in [-0.3, -0.25) is 4.79 Å². The lowest BCUT2D eigenvalue weighted by molar-refractivity contribution is -0.121. The number of nitrogens with one attached hydrogen (secondary N) is 1. The number of benzene rings is 2. The summed E-state index contributed by atoms with van der Waals surface area (Å²) in [6, 6.07) is 16.9. The maximum Gasteiger partial charge on any atom is 0.240 e. The topological polar surface area (TPSA) is 61.7 Å². The van der Waals surface area contributed by atoms with E-state index in [1.807, 2.05) is 30.3 Å². The van der Waals surface area contributed by atoms with E-state index in [0.29, 0.717) is 12.0 Å². The number of para-hydroxylation sites is 1. The zero-order valence-corrected chi connectivity index (χ0v) is 11.7. The molecular formula is C17H18N2O2.